The smallest absolute Gasteiger partial charge is 0.269 e. The summed E-state index contributed by atoms with van der Waals surface area (Å²) in [7, 11) is 0. The van der Waals surface area contributed by atoms with Crippen LogP contribution in [0.25, 0.3) is 6.08 Å². The van der Waals surface area contributed by atoms with Crippen LogP contribution in [0.1, 0.15) is 16.7 Å². The second-order valence-electron chi connectivity index (χ2n) is 6.97. The van der Waals surface area contributed by atoms with Gasteiger partial charge >= 0.3 is 0 Å². The predicted octanol–water partition coefficient (Wildman–Crippen LogP) is 6.33. The van der Waals surface area contributed by atoms with Crippen molar-refractivity contribution in [3.63, 3.8) is 0 Å². The molecule has 0 heterocycles. The van der Waals surface area contributed by atoms with Crippen LogP contribution < -0.4 is 10.1 Å². The summed E-state index contributed by atoms with van der Waals surface area (Å²) in [5.74, 6) is -0.380. The second kappa shape index (κ2) is 10.6. The number of para-hydroxylation sites is 1. The lowest BCUT2D eigenvalue weighted by molar-refractivity contribution is -0.384. The molecule has 0 saturated carbocycles. The zero-order chi connectivity index (χ0) is 24.0. The van der Waals surface area contributed by atoms with E-state index in [2.05, 4.69) is 5.32 Å². The van der Waals surface area contributed by atoms with E-state index in [1.807, 2.05) is 25.1 Å². The molecule has 1 amide bonds. The number of amides is 1. The third kappa shape index (κ3) is 6.10. The minimum Gasteiger partial charge on any atom is -0.486 e. The number of rotatable bonds is 7. The minimum atomic E-state index is -0.565. The zero-order valence-electron chi connectivity index (χ0n) is 17.3. The van der Waals surface area contributed by atoms with Crippen molar-refractivity contribution in [2.75, 3.05) is 5.32 Å². The van der Waals surface area contributed by atoms with E-state index in [1.54, 1.807) is 24.3 Å². The van der Waals surface area contributed by atoms with Crippen molar-refractivity contribution in [2.24, 2.45) is 0 Å². The molecule has 0 radical (unpaired) electrons. The van der Waals surface area contributed by atoms with Crippen LogP contribution in [0.2, 0.25) is 10.0 Å². The van der Waals surface area contributed by atoms with Crippen molar-refractivity contribution in [1.29, 1.82) is 5.26 Å². The van der Waals surface area contributed by atoms with E-state index in [1.165, 1.54) is 30.3 Å². The molecule has 1 N–H and O–H groups in total. The van der Waals surface area contributed by atoms with Crippen molar-refractivity contribution in [1.82, 2.24) is 0 Å². The van der Waals surface area contributed by atoms with Gasteiger partial charge in [-0.25, -0.2) is 0 Å². The Morgan fingerprint density at radius 3 is 2.48 bits per heavy atom. The number of nitriles is 1. The normalized spacial score (nSPS) is 10.9. The molecule has 3 aromatic rings. The number of nitrogens with one attached hydrogen (secondary N) is 1. The van der Waals surface area contributed by atoms with Gasteiger partial charge in [-0.1, -0.05) is 53.5 Å². The Kier molecular flexibility index (Phi) is 7.67. The summed E-state index contributed by atoms with van der Waals surface area (Å²) in [5.41, 5.74) is 2.28. The number of nitro groups is 1. The highest BCUT2D eigenvalue weighted by Gasteiger charge is 2.14. The number of nitrogens with zero attached hydrogens (tertiary/aromatic N) is 2. The van der Waals surface area contributed by atoms with E-state index < -0.39 is 10.8 Å². The molecule has 166 valence electrons. The topological polar surface area (TPSA) is 105 Å². The molecule has 3 aromatic carbocycles. The molecule has 33 heavy (non-hydrogen) atoms. The predicted molar refractivity (Wildman–Crippen MR) is 127 cm³/mol. The zero-order valence-corrected chi connectivity index (χ0v) is 18.9. The molecule has 0 saturated heterocycles. The van der Waals surface area contributed by atoms with Crippen LogP contribution in [-0.2, 0) is 11.4 Å². The summed E-state index contributed by atoms with van der Waals surface area (Å²) >= 11 is 12.6. The van der Waals surface area contributed by atoms with Crippen molar-refractivity contribution in [2.45, 2.75) is 13.5 Å². The molecule has 0 fully saturated rings. The van der Waals surface area contributed by atoms with Gasteiger partial charge in [0.1, 0.15) is 18.2 Å². The second-order valence-corrected chi connectivity index (χ2v) is 7.78. The number of aryl methyl sites for hydroxylation is 1. The molecule has 0 spiro atoms. The lowest BCUT2D eigenvalue weighted by atomic mass is 10.1. The van der Waals surface area contributed by atoms with E-state index >= 15 is 0 Å². The molecule has 0 aliphatic carbocycles. The van der Waals surface area contributed by atoms with Gasteiger partial charge in [0.05, 0.1) is 15.0 Å². The first-order valence-electron chi connectivity index (χ1n) is 9.62. The molecule has 0 unspecified atom stereocenters. The number of ether oxygens (including phenoxy) is 1. The summed E-state index contributed by atoms with van der Waals surface area (Å²) in [4.78, 5) is 23.0. The quantitative estimate of drug-likeness (QED) is 0.183. The summed E-state index contributed by atoms with van der Waals surface area (Å²) in [6.07, 6.45) is 1.37. The van der Waals surface area contributed by atoms with Gasteiger partial charge in [0.25, 0.3) is 11.6 Å². The maximum atomic E-state index is 12.5. The first-order chi connectivity index (χ1) is 15.8. The highest BCUT2D eigenvalue weighted by Crippen LogP contribution is 2.35. The summed E-state index contributed by atoms with van der Waals surface area (Å²) < 4.78 is 5.66. The Balaban J connectivity index is 1.78. The van der Waals surface area contributed by atoms with Crippen molar-refractivity contribution < 1.29 is 14.5 Å². The lowest BCUT2D eigenvalue weighted by Crippen LogP contribution is -2.14. The van der Waals surface area contributed by atoms with Crippen molar-refractivity contribution >= 4 is 46.6 Å². The maximum Gasteiger partial charge on any atom is 0.269 e. The number of non-ortho nitro benzene ring substituents is 1. The Morgan fingerprint density at radius 2 is 1.85 bits per heavy atom. The first-order valence-corrected chi connectivity index (χ1v) is 10.4. The number of benzene rings is 3. The van der Waals surface area contributed by atoms with Crippen molar-refractivity contribution in [3.05, 3.63) is 103 Å². The van der Waals surface area contributed by atoms with Gasteiger partial charge in [-0.15, -0.1) is 0 Å². The third-order valence-corrected chi connectivity index (χ3v) is 5.16. The fourth-order valence-electron chi connectivity index (χ4n) is 2.93. The van der Waals surface area contributed by atoms with E-state index in [9.17, 15) is 20.2 Å². The van der Waals surface area contributed by atoms with Gasteiger partial charge in [-0.3, -0.25) is 14.9 Å². The average Bonchev–Trinajstić information content (AvgIpc) is 2.78. The summed E-state index contributed by atoms with van der Waals surface area (Å²) in [5, 5.41) is 23.4. The van der Waals surface area contributed by atoms with E-state index in [4.69, 9.17) is 27.9 Å². The molecule has 3 rings (SSSR count). The average molecular weight is 482 g/mol. The van der Waals surface area contributed by atoms with Crippen LogP contribution in [0.5, 0.6) is 5.75 Å². The number of carbonyl (C=O) groups excluding carboxylic acids is 1. The fraction of sp³-hybridized carbons (Fsp3) is 0.0833. The molecular weight excluding hydrogens is 465 g/mol. The van der Waals surface area contributed by atoms with Gasteiger partial charge in [-0.2, -0.15) is 5.26 Å². The van der Waals surface area contributed by atoms with E-state index in [0.717, 1.165) is 5.56 Å². The van der Waals surface area contributed by atoms with Gasteiger partial charge < -0.3 is 10.1 Å². The van der Waals surface area contributed by atoms with Gasteiger partial charge in [-0.05, 0) is 47.9 Å². The standard InChI is InChI=1S/C24H17Cl2N3O4/c1-15-5-2-3-8-22(15)28-24(30)18(13-27)9-17-11-20(25)23(21(26)12-17)33-14-16-6-4-7-19(10-16)29(31)32/h2-12H,14H2,1H3,(H,28,30)/b18-9-. The van der Waals surface area contributed by atoms with Gasteiger partial charge in [0, 0.05) is 17.8 Å². The highest BCUT2D eigenvalue weighted by atomic mass is 35.5. The summed E-state index contributed by atoms with van der Waals surface area (Å²) in [6.45, 7) is 1.86. The molecule has 0 atom stereocenters. The van der Waals surface area contributed by atoms with Crippen LogP contribution in [0.15, 0.2) is 66.2 Å². The Hall–Kier alpha value is -3.86. The van der Waals surface area contributed by atoms with Crippen LogP contribution in [0.3, 0.4) is 0 Å². The number of carbonyl (C=O) groups is 1. The first kappa shape index (κ1) is 23.8. The number of anilines is 1. The molecule has 0 bridgehead atoms. The molecular formula is C24H17Cl2N3O4. The monoisotopic (exact) mass is 481 g/mol. The number of nitro benzene ring substituents is 1. The highest BCUT2D eigenvalue weighted by molar-refractivity contribution is 6.37. The fourth-order valence-corrected chi connectivity index (χ4v) is 3.55. The largest absolute Gasteiger partial charge is 0.486 e. The van der Waals surface area contributed by atoms with Crippen LogP contribution in [-0.4, -0.2) is 10.8 Å². The van der Waals surface area contributed by atoms with Crippen LogP contribution in [0.4, 0.5) is 11.4 Å². The SMILES string of the molecule is Cc1ccccc1NC(=O)/C(C#N)=C\c1cc(Cl)c(OCc2cccc([N+](=O)[O-])c2)c(Cl)c1. The minimum absolute atomic E-state index is 0.0125. The molecule has 7 nitrogen and oxygen atoms in total. The number of hydrogen-bond acceptors (Lipinski definition) is 5. The van der Waals surface area contributed by atoms with E-state index in [0.29, 0.717) is 16.8 Å². The number of hydrogen-bond donors (Lipinski definition) is 1. The number of halogens is 2. The summed E-state index contributed by atoms with van der Waals surface area (Å²) in [6, 6.07) is 18.1. The Bertz CT molecular complexity index is 1280. The van der Waals surface area contributed by atoms with Crippen molar-refractivity contribution in [3.8, 4) is 11.8 Å². The third-order valence-electron chi connectivity index (χ3n) is 4.59. The molecule has 0 aromatic heterocycles. The van der Waals surface area contributed by atoms with E-state index in [-0.39, 0.29) is 33.7 Å². The Labute approximate surface area is 200 Å². The van der Waals surface area contributed by atoms with Crippen LogP contribution in [0, 0.1) is 28.4 Å². The van der Waals surface area contributed by atoms with Gasteiger partial charge in [0.15, 0.2) is 5.75 Å². The Morgan fingerprint density at radius 1 is 1.15 bits per heavy atom. The van der Waals surface area contributed by atoms with Gasteiger partial charge in [0.2, 0.25) is 0 Å². The molecule has 0 aliphatic rings. The lowest BCUT2D eigenvalue weighted by Gasteiger charge is -2.11. The molecule has 9 heteroatoms. The maximum absolute atomic E-state index is 12.5. The van der Waals surface area contributed by atoms with Crippen LogP contribution >= 0.6 is 23.2 Å². The molecule has 0 aliphatic heterocycles.